The molecule has 0 saturated carbocycles. The highest BCUT2D eigenvalue weighted by Crippen LogP contribution is 2.26. The number of amides is 3. The van der Waals surface area contributed by atoms with E-state index in [4.69, 9.17) is 4.42 Å². The van der Waals surface area contributed by atoms with E-state index in [1.807, 2.05) is 127 Å². The highest BCUT2D eigenvalue weighted by Gasteiger charge is 2.32. The van der Waals surface area contributed by atoms with Gasteiger partial charge in [-0.15, -0.1) is 0 Å². The van der Waals surface area contributed by atoms with E-state index in [9.17, 15) is 14.4 Å². The van der Waals surface area contributed by atoms with E-state index in [0.29, 0.717) is 11.1 Å². The zero-order valence-electron chi connectivity index (χ0n) is 28.0. The first-order valence-corrected chi connectivity index (χ1v) is 16.7. The number of benzene rings is 5. The average Bonchev–Trinajstić information content (AvgIpc) is 3.90. The van der Waals surface area contributed by atoms with Crippen molar-refractivity contribution in [3.05, 3.63) is 187 Å². The summed E-state index contributed by atoms with van der Waals surface area (Å²) in [4.78, 5) is 51.2. The lowest BCUT2D eigenvalue weighted by molar-refractivity contribution is -0.124. The van der Waals surface area contributed by atoms with Crippen LogP contribution in [-0.2, 0) is 9.59 Å². The van der Waals surface area contributed by atoms with Crippen molar-refractivity contribution in [3.63, 3.8) is 0 Å². The maximum atomic E-state index is 14.3. The minimum absolute atomic E-state index is 0.0451. The van der Waals surface area contributed by atoms with Gasteiger partial charge in [0.25, 0.3) is 0 Å². The molecule has 52 heavy (non-hydrogen) atoms. The maximum absolute atomic E-state index is 14.3. The number of hydrogen-bond donors (Lipinski definition) is 2. The van der Waals surface area contributed by atoms with E-state index in [2.05, 4.69) is 20.6 Å². The first kappa shape index (κ1) is 33.5. The molecule has 0 aliphatic carbocycles. The van der Waals surface area contributed by atoms with E-state index < -0.39 is 43.0 Å². The lowest BCUT2D eigenvalue weighted by atomic mass is 9.98. The molecule has 0 aliphatic rings. The first-order chi connectivity index (χ1) is 25.5. The molecule has 5 aromatic carbocycles. The van der Waals surface area contributed by atoms with Crippen LogP contribution in [0.5, 0.6) is 0 Å². The Hall–Kier alpha value is -7.01. The number of imidazole rings is 1. The van der Waals surface area contributed by atoms with Crippen LogP contribution in [0.25, 0.3) is 11.1 Å². The summed E-state index contributed by atoms with van der Waals surface area (Å²) in [7, 11) is 0. The Balaban J connectivity index is 1.24. The Morgan fingerprint density at radius 3 is 1.54 bits per heavy atom. The molecule has 2 N–H and O–H groups in total. The third-order valence-electron chi connectivity index (χ3n) is 8.47. The van der Waals surface area contributed by atoms with Gasteiger partial charge in [0.05, 0.1) is 12.1 Å². The maximum Gasteiger partial charge on any atom is 0.348 e. The normalized spacial score (nSPS) is 11.0. The van der Waals surface area contributed by atoms with E-state index in [1.54, 1.807) is 18.2 Å². The summed E-state index contributed by atoms with van der Waals surface area (Å²) in [6.45, 7) is -0.905. The second-order valence-electron chi connectivity index (χ2n) is 12.0. The fourth-order valence-corrected chi connectivity index (χ4v) is 5.97. The molecule has 11 heteroatoms. The van der Waals surface area contributed by atoms with Crippen LogP contribution in [-0.4, -0.2) is 50.5 Å². The molecule has 0 radical (unpaired) electrons. The number of para-hydroxylation sites is 2. The number of hydrazine groups is 1. The summed E-state index contributed by atoms with van der Waals surface area (Å²) in [5.74, 6) is -0.936. The number of carbonyl (C=O) groups is 3. The number of oxazole rings is 1. The molecular weight excluding hydrogens is 654 g/mol. The predicted molar refractivity (Wildman–Crippen MR) is 197 cm³/mol. The molecule has 11 nitrogen and oxygen atoms in total. The number of anilines is 1. The van der Waals surface area contributed by atoms with Crippen LogP contribution >= 0.6 is 0 Å². The van der Waals surface area contributed by atoms with Crippen LogP contribution in [0.4, 0.5) is 10.8 Å². The van der Waals surface area contributed by atoms with Gasteiger partial charge in [0.15, 0.2) is 5.58 Å². The van der Waals surface area contributed by atoms with Crippen molar-refractivity contribution in [2.45, 2.75) is 12.1 Å². The van der Waals surface area contributed by atoms with Crippen LogP contribution < -0.4 is 15.6 Å². The fourth-order valence-electron chi connectivity index (χ4n) is 5.97. The number of nitrogens with zero attached hydrogens (tertiary/aromatic N) is 5. The summed E-state index contributed by atoms with van der Waals surface area (Å²) in [5.41, 5.74) is 4.42. The van der Waals surface area contributed by atoms with Crippen molar-refractivity contribution in [1.29, 1.82) is 0 Å². The average molecular weight is 690 g/mol. The molecule has 2 heterocycles. The quantitative estimate of drug-likeness (QED) is 0.140. The van der Waals surface area contributed by atoms with Crippen LogP contribution in [0.15, 0.2) is 169 Å². The van der Waals surface area contributed by atoms with Gasteiger partial charge in [0.2, 0.25) is 11.8 Å². The number of hydrogen-bond acceptors (Lipinski definition) is 7. The molecule has 2 aromatic heterocycles. The summed E-state index contributed by atoms with van der Waals surface area (Å²) in [6, 6.07) is 43.7. The van der Waals surface area contributed by atoms with E-state index in [1.165, 1.54) is 28.3 Å². The number of nitrogens with one attached hydrogen (secondary N) is 2. The standard InChI is InChI=1S/C41H35N7O4/c49-36(44-38(30-15-5-1-6-16-30)31-17-7-2-8-18-31)27-47(40-43-34-23-13-14-24-35(34)52-40)48(41(51)46-26-25-42-29-46)28-37(50)45-39(32-19-9-3-10-20-32)33-21-11-4-12-22-33/h1-26,29,38-39H,27-28H2,(H,44,49)(H,45,50). The lowest BCUT2D eigenvalue weighted by Gasteiger charge is -2.33. The van der Waals surface area contributed by atoms with Crippen LogP contribution in [0.2, 0.25) is 0 Å². The summed E-state index contributed by atoms with van der Waals surface area (Å²) >= 11 is 0. The Bertz CT molecular complexity index is 2120. The number of carbonyl (C=O) groups excluding carboxylic acids is 3. The Morgan fingerprint density at radius 1 is 0.615 bits per heavy atom. The van der Waals surface area contributed by atoms with Crippen LogP contribution in [0, 0.1) is 0 Å². The molecule has 7 rings (SSSR count). The predicted octanol–water partition coefficient (Wildman–Crippen LogP) is 6.53. The molecule has 0 fully saturated rings. The second kappa shape index (κ2) is 15.7. The molecule has 0 bridgehead atoms. The zero-order valence-corrected chi connectivity index (χ0v) is 28.0. The van der Waals surface area contributed by atoms with Crippen molar-refractivity contribution in [3.8, 4) is 0 Å². The summed E-state index contributed by atoms with van der Waals surface area (Å²) in [6.07, 6.45) is 4.25. The summed E-state index contributed by atoms with van der Waals surface area (Å²) in [5, 5.41) is 8.68. The zero-order chi connectivity index (χ0) is 35.7. The van der Waals surface area contributed by atoms with Gasteiger partial charge in [-0.3, -0.25) is 14.2 Å². The van der Waals surface area contributed by atoms with Crippen LogP contribution in [0.1, 0.15) is 34.3 Å². The van der Waals surface area contributed by atoms with Gasteiger partial charge in [-0.25, -0.2) is 19.8 Å². The molecule has 0 spiro atoms. The Labute approximate surface area is 300 Å². The molecular formula is C41H35N7O4. The second-order valence-corrected chi connectivity index (χ2v) is 12.0. The van der Waals surface area contributed by atoms with Crippen molar-refractivity contribution >= 4 is 35.0 Å². The smallest absolute Gasteiger partial charge is 0.348 e. The molecule has 0 aliphatic heterocycles. The van der Waals surface area contributed by atoms with Crippen LogP contribution in [0.3, 0.4) is 0 Å². The van der Waals surface area contributed by atoms with Gasteiger partial charge in [-0.05, 0) is 34.4 Å². The van der Waals surface area contributed by atoms with E-state index in [0.717, 1.165) is 27.3 Å². The first-order valence-electron chi connectivity index (χ1n) is 16.7. The van der Waals surface area contributed by atoms with E-state index >= 15 is 0 Å². The highest BCUT2D eigenvalue weighted by atomic mass is 16.4. The topological polar surface area (TPSA) is 126 Å². The Morgan fingerprint density at radius 2 is 1.08 bits per heavy atom. The molecule has 258 valence electrons. The largest absolute Gasteiger partial charge is 0.422 e. The van der Waals surface area contributed by atoms with Gasteiger partial charge >= 0.3 is 12.0 Å². The van der Waals surface area contributed by atoms with Crippen molar-refractivity contribution in [2.24, 2.45) is 0 Å². The number of fused-ring (bicyclic) bond motifs is 1. The minimum Gasteiger partial charge on any atom is -0.422 e. The number of rotatable bonds is 12. The van der Waals surface area contributed by atoms with Crippen molar-refractivity contribution in [2.75, 3.05) is 18.1 Å². The third-order valence-corrected chi connectivity index (χ3v) is 8.47. The lowest BCUT2D eigenvalue weighted by Crippen LogP contribution is -2.55. The molecule has 0 unspecified atom stereocenters. The third kappa shape index (κ3) is 7.74. The SMILES string of the molecule is O=C(CN(C(=O)n1ccnc1)N(CC(=O)NC(c1ccccc1)c1ccccc1)c1nc2ccccc2o1)NC(c1ccccc1)c1ccccc1. The minimum atomic E-state index is -0.652. The van der Waals surface area contributed by atoms with Crippen molar-refractivity contribution in [1.82, 2.24) is 30.2 Å². The summed E-state index contributed by atoms with van der Waals surface area (Å²) < 4.78 is 7.37. The highest BCUT2D eigenvalue weighted by molar-refractivity contribution is 5.89. The monoisotopic (exact) mass is 689 g/mol. The van der Waals surface area contributed by atoms with Gasteiger partial charge in [-0.1, -0.05) is 133 Å². The molecule has 7 aromatic rings. The van der Waals surface area contributed by atoms with Gasteiger partial charge in [0, 0.05) is 12.4 Å². The molecule has 0 atom stereocenters. The van der Waals surface area contributed by atoms with Gasteiger partial charge in [0.1, 0.15) is 24.9 Å². The Kier molecular flexibility index (Phi) is 10.1. The fraction of sp³-hybridized carbons (Fsp3) is 0.0976. The van der Waals surface area contributed by atoms with E-state index in [-0.39, 0.29) is 6.01 Å². The molecule has 0 saturated heterocycles. The molecule has 3 amide bonds. The van der Waals surface area contributed by atoms with Gasteiger partial charge in [-0.2, -0.15) is 4.98 Å². The van der Waals surface area contributed by atoms with Gasteiger partial charge < -0.3 is 15.1 Å². The van der Waals surface area contributed by atoms with Crippen molar-refractivity contribution < 1.29 is 18.8 Å². The number of aromatic nitrogens is 3.